The predicted molar refractivity (Wildman–Crippen MR) is 56.6 cm³/mol. The van der Waals surface area contributed by atoms with Gasteiger partial charge in [0.1, 0.15) is 0 Å². The van der Waals surface area contributed by atoms with Crippen molar-refractivity contribution >= 4 is 5.97 Å². The van der Waals surface area contributed by atoms with Crippen molar-refractivity contribution < 1.29 is 14.3 Å². The van der Waals surface area contributed by atoms with Crippen LogP contribution in [0.1, 0.15) is 24.5 Å². The summed E-state index contributed by atoms with van der Waals surface area (Å²) in [7, 11) is 3.29. The molecule has 1 saturated heterocycles. The van der Waals surface area contributed by atoms with Crippen LogP contribution in [0.2, 0.25) is 0 Å². The van der Waals surface area contributed by atoms with Crippen LogP contribution in [-0.2, 0) is 21.3 Å². The maximum Gasteiger partial charge on any atom is 0.308 e. The summed E-state index contributed by atoms with van der Waals surface area (Å²) in [5, 5.41) is 4.10. The van der Waals surface area contributed by atoms with Crippen LogP contribution in [0.25, 0.3) is 0 Å². The Hall–Kier alpha value is -1.36. The molecule has 5 nitrogen and oxygen atoms in total. The average Bonchev–Trinajstić information content (AvgIpc) is 2.75. The van der Waals surface area contributed by atoms with Gasteiger partial charge >= 0.3 is 5.97 Å². The van der Waals surface area contributed by atoms with E-state index in [1.165, 1.54) is 7.11 Å². The number of hydrogen-bond donors (Lipinski definition) is 0. The number of carbonyl (C=O) groups is 1. The van der Waals surface area contributed by atoms with Crippen molar-refractivity contribution in [3.8, 4) is 0 Å². The maximum absolute atomic E-state index is 11.5. The molecular weight excluding hydrogens is 208 g/mol. The molecule has 0 spiro atoms. The molecule has 16 heavy (non-hydrogen) atoms. The Balaban J connectivity index is 2.04. The zero-order chi connectivity index (χ0) is 11.5. The van der Waals surface area contributed by atoms with Crippen LogP contribution >= 0.6 is 0 Å². The third-order valence-corrected chi connectivity index (χ3v) is 2.92. The molecule has 1 aromatic heterocycles. The minimum Gasteiger partial charge on any atom is -0.469 e. The first kappa shape index (κ1) is 11.1. The Morgan fingerprint density at radius 2 is 2.50 bits per heavy atom. The van der Waals surface area contributed by atoms with Gasteiger partial charge in [0.05, 0.1) is 25.3 Å². The van der Waals surface area contributed by atoms with Crippen molar-refractivity contribution in [1.82, 2.24) is 9.78 Å². The largest absolute Gasteiger partial charge is 0.469 e. The highest BCUT2D eigenvalue weighted by Crippen LogP contribution is 2.31. The van der Waals surface area contributed by atoms with Crippen molar-refractivity contribution in [2.75, 3.05) is 13.7 Å². The zero-order valence-corrected chi connectivity index (χ0v) is 9.55. The highest BCUT2D eigenvalue weighted by molar-refractivity contribution is 5.72. The van der Waals surface area contributed by atoms with E-state index in [0.717, 1.165) is 12.0 Å². The van der Waals surface area contributed by atoms with Crippen molar-refractivity contribution in [2.24, 2.45) is 13.0 Å². The molecule has 0 bridgehead atoms. The second kappa shape index (κ2) is 4.65. The van der Waals surface area contributed by atoms with Crippen molar-refractivity contribution in [1.29, 1.82) is 0 Å². The van der Waals surface area contributed by atoms with Gasteiger partial charge in [-0.1, -0.05) is 0 Å². The van der Waals surface area contributed by atoms with E-state index in [2.05, 4.69) is 5.10 Å². The lowest BCUT2D eigenvalue weighted by atomic mass is 9.93. The van der Waals surface area contributed by atoms with Crippen molar-refractivity contribution in [2.45, 2.75) is 18.9 Å². The molecule has 2 rings (SSSR count). The Morgan fingerprint density at radius 3 is 3.12 bits per heavy atom. The first-order valence-electron chi connectivity index (χ1n) is 5.38. The van der Waals surface area contributed by atoms with Crippen LogP contribution < -0.4 is 0 Å². The molecule has 5 heteroatoms. The second-order valence-corrected chi connectivity index (χ2v) is 4.05. The zero-order valence-electron chi connectivity index (χ0n) is 9.55. The summed E-state index contributed by atoms with van der Waals surface area (Å²) >= 11 is 0. The summed E-state index contributed by atoms with van der Waals surface area (Å²) in [6.45, 7) is 0.597. The first-order valence-corrected chi connectivity index (χ1v) is 5.38. The van der Waals surface area contributed by atoms with Crippen LogP contribution in [-0.4, -0.2) is 29.5 Å². The normalized spacial score (nSPS) is 25.4. The van der Waals surface area contributed by atoms with Gasteiger partial charge in [-0.25, -0.2) is 0 Å². The Labute approximate surface area is 94.3 Å². The van der Waals surface area contributed by atoms with Gasteiger partial charge in [-0.15, -0.1) is 0 Å². The van der Waals surface area contributed by atoms with E-state index in [-0.39, 0.29) is 18.0 Å². The molecule has 0 aliphatic carbocycles. The van der Waals surface area contributed by atoms with Crippen LogP contribution in [0.4, 0.5) is 0 Å². The molecule has 0 aromatic carbocycles. The molecule has 1 aliphatic rings. The van der Waals surface area contributed by atoms with E-state index < -0.39 is 0 Å². The summed E-state index contributed by atoms with van der Waals surface area (Å²) in [6.07, 6.45) is 5.09. The lowest BCUT2D eigenvalue weighted by Gasteiger charge is -2.27. The van der Waals surface area contributed by atoms with Gasteiger partial charge in [-0.2, -0.15) is 5.10 Å². The van der Waals surface area contributed by atoms with Gasteiger partial charge in [0.25, 0.3) is 0 Å². The standard InChI is InChI=1S/C11H16N2O3/c1-13-7-9(6-12-13)10-5-8(3-4-16-10)11(14)15-2/h6-8,10H,3-5H2,1-2H3. The molecule has 1 fully saturated rings. The number of aryl methyl sites for hydroxylation is 1. The summed E-state index contributed by atoms with van der Waals surface area (Å²) in [4.78, 5) is 11.5. The Kier molecular flexibility index (Phi) is 3.24. The molecule has 0 saturated carbocycles. The monoisotopic (exact) mass is 224 g/mol. The number of esters is 1. The minimum atomic E-state index is -0.141. The molecule has 2 unspecified atom stereocenters. The number of aromatic nitrogens is 2. The Bertz CT molecular complexity index is 375. The van der Waals surface area contributed by atoms with Gasteiger partial charge in [0.2, 0.25) is 0 Å². The Morgan fingerprint density at radius 1 is 1.69 bits per heavy atom. The molecule has 2 atom stereocenters. The molecular formula is C11H16N2O3. The lowest BCUT2D eigenvalue weighted by molar-refractivity contribution is -0.150. The summed E-state index contributed by atoms with van der Waals surface area (Å²) in [6, 6.07) is 0. The van der Waals surface area contributed by atoms with E-state index in [1.54, 1.807) is 10.9 Å². The van der Waals surface area contributed by atoms with Gasteiger partial charge in [-0.3, -0.25) is 9.48 Å². The number of ether oxygens (including phenoxy) is 2. The fourth-order valence-electron chi connectivity index (χ4n) is 2.02. The fraction of sp³-hybridized carbons (Fsp3) is 0.636. The SMILES string of the molecule is COC(=O)C1CCOC(c2cnn(C)c2)C1. The van der Waals surface area contributed by atoms with E-state index in [1.807, 2.05) is 13.2 Å². The fourth-order valence-corrected chi connectivity index (χ4v) is 2.02. The van der Waals surface area contributed by atoms with E-state index >= 15 is 0 Å². The molecule has 0 amide bonds. The lowest BCUT2D eigenvalue weighted by Crippen LogP contribution is -2.26. The maximum atomic E-state index is 11.5. The quantitative estimate of drug-likeness (QED) is 0.705. The molecule has 0 N–H and O–H groups in total. The summed E-state index contributed by atoms with van der Waals surface area (Å²) < 4.78 is 12.1. The van der Waals surface area contributed by atoms with E-state index in [9.17, 15) is 4.79 Å². The second-order valence-electron chi connectivity index (χ2n) is 4.05. The minimum absolute atomic E-state index is 0.0356. The predicted octanol–water partition coefficient (Wildman–Crippen LogP) is 1.06. The summed E-state index contributed by atoms with van der Waals surface area (Å²) in [5.41, 5.74) is 1.02. The molecule has 2 heterocycles. The molecule has 1 aromatic rings. The molecule has 0 radical (unpaired) electrons. The topological polar surface area (TPSA) is 53.4 Å². The first-order chi connectivity index (χ1) is 7.70. The third kappa shape index (κ3) is 2.24. The van der Waals surface area contributed by atoms with Gasteiger partial charge in [-0.05, 0) is 12.8 Å². The highest BCUT2D eigenvalue weighted by Gasteiger charge is 2.29. The average molecular weight is 224 g/mol. The van der Waals surface area contributed by atoms with Crippen molar-refractivity contribution in [3.05, 3.63) is 18.0 Å². The van der Waals surface area contributed by atoms with Gasteiger partial charge in [0, 0.05) is 25.4 Å². The van der Waals surface area contributed by atoms with E-state index in [4.69, 9.17) is 9.47 Å². The van der Waals surface area contributed by atoms with Crippen LogP contribution in [0.3, 0.4) is 0 Å². The van der Waals surface area contributed by atoms with E-state index in [0.29, 0.717) is 13.0 Å². The van der Waals surface area contributed by atoms with Gasteiger partial charge < -0.3 is 9.47 Å². The number of hydrogen-bond acceptors (Lipinski definition) is 4. The number of rotatable bonds is 2. The third-order valence-electron chi connectivity index (χ3n) is 2.92. The molecule has 1 aliphatic heterocycles. The highest BCUT2D eigenvalue weighted by atomic mass is 16.5. The number of methoxy groups -OCH3 is 1. The molecule has 88 valence electrons. The van der Waals surface area contributed by atoms with Crippen LogP contribution in [0, 0.1) is 5.92 Å². The van der Waals surface area contributed by atoms with Crippen LogP contribution in [0.15, 0.2) is 12.4 Å². The smallest absolute Gasteiger partial charge is 0.308 e. The number of carbonyl (C=O) groups excluding carboxylic acids is 1. The summed E-state index contributed by atoms with van der Waals surface area (Å²) in [5.74, 6) is -0.193. The number of nitrogens with zero attached hydrogens (tertiary/aromatic N) is 2. The van der Waals surface area contributed by atoms with Gasteiger partial charge in [0.15, 0.2) is 0 Å². The van der Waals surface area contributed by atoms with Crippen molar-refractivity contribution in [3.63, 3.8) is 0 Å². The van der Waals surface area contributed by atoms with Crippen LogP contribution in [0.5, 0.6) is 0 Å².